The average molecular weight is 360 g/mol. The van der Waals surface area contributed by atoms with Gasteiger partial charge in [0.15, 0.2) is 18.3 Å². The molecule has 1 heterocycles. The van der Waals surface area contributed by atoms with E-state index in [0.717, 1.165) is 10.6 Å². The van der Waals surface area contributed by atoms with Gasteiger partial charge < -0.3 is 4.74 Å². The van der Waals surface area contributed by atoms with Gasteiger partial charge in [0.2, 0.25) is 0 Å². The number of aryl methyl sites for hydroxylation is 1. The van der Waals surface area contributed by atoms with E-state index in [2.05, 4.69) is 4.98 Å². The van der Waals surface area contributed by atoms with Crippen LogP contribution < -0.4 is 0 Å². The number of thioether (sulfide) groups is 1. The molecule has 0 aliphatic rings. The largest absolute Gasteiger partial charge is 0.458 e. The molecule has 0 fully saturated rings. The summed E-state index contributed by atoms with van der Waals surface area (Å²) < 4.78 is 4.98. The van der Waals surface area contributed by atoms with Crippen molar-refractivity contribution in [1.29, 1.82) is 5.26 Å². The number of hydrogen-bond acceptors (Lipinski definition) is 7. The molecule has 0 saturated carbocycles. The topological polar surface area (TPSA) is 80.0 Å². The third-order valence-corrected chi connectivity index (χ3v) is 5.07. The highest BCUT2D eigenvalue weighted by atomic mass is 32.2. The minimum atomic E-state index is -0.977. The second-order valence-electron chi connectivity index (χ2n) is 4.93. The maximum absolute atomic E-state index is 12.0. The molecule has 124 valence electrons. The summed E-state index contributed by atoms with van der Waals surface area (Å²) in [5, 5.41) is 11.4. The summed E-state index contributed by atoms with van der Waals surface area (Å²) in [5.41, 5.74) is 0.762. The summed E-state index contributed by atoms with van der Waals surface area (Å²) >= 11 is 2.81. The van der Waals surface area contributed by atoms with Crippen LogP contribution >= 0.6 is 23.1 Å². The van der Waals surface area contributed by atoms with Crippen LogP contribution in [0.5, 0.6) is 0 Å². The van der Waals surface area contributed by atoms with Crippen LogP contribution in [0.1, 0.15) is 23.0 Å². The molecule has 0 saturated heterocycles. The van der Waals surface area contributed by atoms with Gasteiger partial charge in [0.25, 0.3) is 0 Å². The molecule has 0 unspecified atom stereocenters. The van der Waals surface area contributed by atoms with Crippen LogP contribution in [0.2, 0.25) is 0 Å². The molecule has 0 aliphatic heterocycles. The number of aromatic nitrogens is 1. The zero-order valence-corrected chi connectivity index (χ0v) is 14.7. The number of nitriles is 1. The van der Waals surface area contributed by atoms with Gasteiger partial charge in [-0.05, 0) is 19.1 Å². The number of Topliss-reactive ketones (excluding diaryl/α,β-unsaturated/α-hetero) is 1. The van der Waals surface area contributed by atoms with Crippen molar-refractivity contribution in [2.45, 2.75) is 24.2 Å². The van der Waals surface area contributed by atoms with Crippen molar-refractivity contribution >= 4 is 34.9 Å². The van der Waals surface area contributed by atoms with E-state index in [1.54, 1.807) is 24.1 Å². The fraction of sp³-hybridized carbons (Fsp3) is 0.294. The lowest BCUT2D eigenvalue weighted by molar-refractivity contribution is -0.147. The minimum absolute atomic E-state index is 0.209. The zero-order chi connectivity index (χ0) is 17.4. The van der Waals surface area contributed by atoms with Gasteiger partial charge in [-0.25, -0.2) is 4.98 Å². The smallest absolute Gasteiger partial charge is 0.307 e. The minimum Gasteiger partial charge on any atom is -0.458 e. The van der Waals surface area contributed by atoms with Crippen LogP contribution in [0, 0.1) is 18.3 Å². The third kappa shape index (κ3) is 5.48. The average Bonchev–Trinajstić information content (AvgIpc) is 3.01. The molecule has 0 bridgehead atoms. The fourth-order valence-electron chi connectivity index (χ4n) is 1.85. The number of nitrogens with zero attached hydrogens (tertiary/aromatic N) is 2. The molecule has 0 N–H and O–H groups in total. The van der Waals surface area contributed by atoms with Gasteiger partial charge in [-0.1, -0.05) is 18.2 Å². The van der Waals surface area contributed by atoms with Crippen LogP contribution in [0.15, 0.2) is 40.6 Å². The standard InChI is InChI=1S/C17H16N2O3S2/c1-12-11-24-17(19-12)14(9-18)15(20)10-22-16(21)7-8-23-13-5-3-2-4-6-13/h2-6,11,14H,7-8,10H2,1H3/t14-/m1/s1. The van der Waals surface area contributed by atoms with Crippen molar-refractivity contribution in [2.75, 3.05) is 12.4 Å². The lowest BCUT2D eigenvalue weighted by Crippen LogP contribution is -2.20. The van der Waals surface area contributed by atoms with Crippen molar-refractivity contribution in [3.8, 4) is 6.07 Å². The van der Waals surface area contributed by atoms with Gasteiger partial charge >= 0.3 is 5.97 Å². The van der Waals surface area contributed by atoms with Crippen molar-refractivity contribution in [1.82, 2.24) is 4.98 Å². The van der Waals surface area contributed by atoms with E-state index in [1.165, 1.54) is 11.3 Å². The van der Waals surface area contributed by atoms with Crippen LogP contribution in [0.4, 0.5) is 0 Å². The number of thiazole rings is 1. The Kier molecular flexibility index (Phi) is 6.97. The molecule has 0 spiro atoms. The number of hydrogen-bond donors (Lipinski definition) is 0. The predicted molar refractivity (Wildman–Crippen MR) is 93.0 cm³/mol. The van der Waals surface area contributed by atoms with Crippen molar-refractivity contribution < 1.29 is 14.3 Å². The molecule has 1 atom stereocenters. The number of carbonyl (C=O) groups is 2. The molecule has 1 aromatic carbocycles. The molecular weight excluding hydrogens is 344 g/mol. The summed E-state index contributed by atoms with van der Waals surface area (Å²) in [7, 11) is 0. The number of ketones is 1. The molecule has 1 aromatic heterocycles. The Morgan fingerprint density at radius 1 is 1.38 bits per heavy atom. The maximum Gasteiger partial charge on any atom is 0.307 e. The number of esters is 1. The summed E-state index contributed by atoms with van der Waals surface area (Å²) in [6.45, 7) is 1.40. The Hall–Kier alpha value is -2.17. The highest BCUT2D eigenvalue weighted by Gasteiger charge is 2.24. The summed E-state index contributed by atoms with van der Waals surface area (Å²) in [4.78, 5) is 29.0. The number of benzene rings is 1. The Balaban J connectivity index is 1.74. The second-order valence-corrected chi connectivity index (χ2v) is 6.99. The first-order valence-electron chi connectivity index (χ1n) is 7.28. The molecule has 2 rings (SSSR count). The van der Waals surface area contributed by atoms with Gasteiger partial charge in [0, 0.05) is 21.7 Å². The molecule has 5 nitrogen and oxygen atoms in total. The van der Waals surface area contributed by atoms with Crippen LogP contribution in [0.3, 0.4) is 0 Å². The van der Waals surface area contributed by atoms with Crippen molar-refractivity contribution in [3.05, 3.63) is 46.4 Å². The first-order valence-corrected chi connectivity index (χ1v) is 9.14. The van der Waals surface area contributed by atoms with E-state index in [1.807, 2.05) is 36.4 Å². The second kappa shape index (κ2) is 9.21. The molecule has 2 aromatic rings. The van der Waals surface area contributed by atoms with Gasteiger partial charge in [-0.3, -0.25) is 9.59 Å². The SMILES string of the molecule is Cc1csc([C@H](C#N)C(=O)COC(=O)CCSc2ccccc2)n1. The van der Waals surface area contributed by atoms with E-state index < -0.39 is 24.3 Å². The van der Waals surface area contributed by atoms with Crippen molar-refractivity contribution in [2.24, 2.45) is 0 Å². The van der Waals surface area contributed by atoms with Crippen molar-refractivity contribution in [3.63, 3.8) is 0 Å². The number of ether oxygens (including phenoxy) is 1. The van der Waals surface area contributed by atoms with Crippen LogP contribution in [-0.2, 0) is 14.3 Å². The summed E-state index contributed by atoms with van der Waals surface area (Å²) in [5.74, 6) is -1.30. The summed E-state index contributed by atoms with van der Waals surface area (Å²) in [6.07, 6.45) is 0.209. The van der Waals surface area contributed by atoms with Gasteiger partial charge in [-0.15, -0.1) is 23.1 Å². The molecular formula is C17H16N2O3S2. The normalized spacial score (nSPS) is 11.5. The molecule has 0 radical (unpaired) electrons. The molecule has 0 aliphatic carbocycles. The Bertz CT molecular complexity index is 738. The Morgan fingerprint density at radius 2 is 2.12 bits per heavy atom. The zero-order valence-electron chi connectivity index (χ0n) is 13.1. The third-order valence-electron chi connectivity index (χ3n) is 3.03. The quantitative estimate of drug-likeness (QED) is 0.530. The fourth-order valence-corrected chi connectivity index (χ4v) is 3.56. The van der Waals surface area contributed by atoms with Gasteiger partial charge in [0.1, 0.15) is 5.01 Å². The molecule has 7 heteroatoms. The van der Waals surface area contributed by atoms with Crippen LogP contribution in [-0.4, -0.2) is 29.1 Å². The van der Waals surface area contributed by atoms with E-state index in [0.29, 0.717) is 10.8 Å². The lowest BCUT2D eigenvalue weighted by Gasteiger charge is -2.07. The van der Waals surface area contributed by atoms with E-state index in [4.69, 9.17) is 10.00 Å². The monoisotopic (exact) mass is 360 g/mol. The lowest BCUT2D eigenvalue weighted by atomic mass is 10.1. The first kappa shape index (κ1) is 18.2. The predicted octanol–water partition coefficient (Wildman–Crippen LogP) is 3.35. The highest BCUT2D eigenvalue weighted by Crippen LogP contribution is 2.21. The van der Waals surface area contributed by atoms with Gasteiger partial charge in [-0.2, -0.15) is 5.26 Å². The van der Waals surface area contributed by atoms with E-state index in [-0.39, 0.29) is 6.42 Å². The Labute approximate surface area is 148 Å². The first-order chi connectivity index (χ1) is 11.6. The number of carbonyl (C=O) groups excluding carboxylic acids is 2. The molecule has 24 heavy (non-hydrogen) atoms. The van der Waals surface area contributed by atoms with Gasteiger partial charge in [0.05, 0.1) is 12.5 Å². The van der Waals surface area contributed by atoms with Crippen LogP contribution in [0.25, 0.3) is 0 Å². The maximum atomic E-state index is 12.0. The van der Waals surface area contributed by atoms with E-state index in [9.17, 15) is 9.59 Å². The summed E-state index contributed by atoms with van der Waals surface area (Å²) in [6, 6.07) is 11.6. The highest BCUT2D eigenvalue weighted by molar-refractivity contribution is 7.99. The van der Waals surface area contributed by atoms with E-state index >= 15 is 0 Å². The number of rotatable bonds is 8. The Morgan fingerprint density at radius 3 is 2.75 bits per heavy atom. The molecule has 0 amide bonds.